The van der Waals surface area contributed by atoms with Gasteiger partial charge in [0.05, 0.1) is 22.2 Å². The van der Waals surface area contributed by atoms with E-state index < -0.39 is 23.4 Å². The second-order valence-corrected chi connectivity index (χ2v) is 6.84. The molecule has 0 saturated heterocycles. The van der Waals surface area contributed by atoms with Crippen molar-refractivity contribution in [2.75, 3.05) is 18.5 Å². The van der Waals surface area contributed by atoms with Crippen molar-refractivity contribution >= 4 is 46.5 Å². The minimum Gasteiger partial charge on any atom is -0.493 e. The first-order valence-electron chi connectivity index (χ1n) is 8.54. The molecule has 0 spiro atoms. The zero-order chi connectivity index (χ0) is 21.4. The molecule has 1 amide bonds. The Labute approximate surface area is 176 Å². The van der Waals surface area contributed by atoms with Crippen LogP contribution in [0.3, 0.4) is 0 Å². The van der Waals surface area contributed by atoms with Gasteiger partial charge in [-0.05, 0) is 43.2 Å². The third kappa shape index (κ3) is 7.24. The Hall–Kier alpha value is -2.84. The highest BCUT2D eigenvalue weighted by atomic mass is 35.5. The Morgan fingerprint density at radius 3 is 2.59 bits per heavy atom. The Kier molecular flexibility index (Phi) is 8.23. The molecule has 2 rings (SSSR count). The van der Waals surface area contributed by atoms with E-state index in [9.17, 15) is 19.7 Å². The van der Waals surface area contributed by atoms with Crippen LogP contribution >= 0.6 is 23.2 Å². The summed E-state index contributed by atoms with van der Waals surface area (Å²) in [5, 5.41) is 13.7. The van der Waals surface area contributed by atoms with E-state index in [1.54, 1.807) is 18.2 Å². The number of halogens is 2. The highest BCUT2D eigenvalue weighted by Crippen LogP contribution is 2.26. The van der Waals surface area contributed by atoms with Crippen molar-refractivity contribution in [3.63, 3.8) is 0 Å². The SMILES string of the molecule is Cc1cc(Cl)ccc1OCCCC(=O)OCC(=O)Nc1ccc([N+](=O)[O-])cc1Cl. The molecule has 8 nitrogen and oxygen atoms in total. The van der Waals surface area contributed by atoms with Gasteiger partial charge in [0.1, 0.15) is 5.75 Å². The lowest BCUT2D eigenvalue weighted by Crippen LogP contribution is -2.21. The van der Waals surface area contributed by atoms with Crippen LogP contribution in [0.25, 0.3) is 0 Å². The second kappa shape index (κ2) is 10.6. The van der Waals surface area contributed by atoms with Gasteiger partial charge in [0.15, 0.2) is 6.61 Å². The van der Waals surface area contributed by atoms with Gasteiger partial charge >= 0.3 is 5.97 Å². The molecule has 0 aliphatic rings. The third-order valence-corrected chi connectivity index (χ3v) is 4.27. The average Bonchev–Trinajstić information content (AvgIpc) is 2.66. The summed E-state index contributed by atoms with van der Waals surface area (Å²) < 4.78 is 10.5. The normalized spacial score (nSPS) is 10.3. The van der Waals surface area contributed by atoms with E-state index >= 15 is 0 Å². The lowest BCUT2D eigenvalue weighted by atomic mass is 10.2. The summed E-state index contributed by atoms with van der Waals surface area (Å²) in [4.78, 5) is 33.7. The molecule has 0 heterocycles. The lowest BCUT2D eigenvalue weighted by Gasteiger charge is -2.10. The summed E-state index contributed by atoms with van der Waals surface area (Å²) in [7, 11) is 0. The summed E-state index contributed by atoms with van der Waals surface area (Å²) in [5.41, 5.74) is 0.877. The number of benzene rings is 2. The van der Waals surface area contributed by atoms with Gasteiger partial charge in [0.2, 0.25) is 0 Å². The summed E-state index contributed by atoms with van der Waals surface area (Å²) in [5.74, 6) is -0.476. The van der Waals surface area contributed by atoms with Crippen LogP contribution in [0.4, 0.5) is 11.4 Å². The molecule has 10 heteroatoms. The van der Waals surface area contributed by atoms with E-state index in [1.165, 1.54) is 12.1 Å². The summed E-state index contributed by atoms with van der Waals surface area (Å²) in [6, 6.07) is 8.87. The first kappa shape index (κ1) is 22.4. The van der Waals surface area contributed by atoms with Gasteiger partial charge < -0.3 is 14.8 Å². The highest BCUT2D eigenvalue weighted by molar-refractivity contribution is 6.34. The predicted molar refractivity (Wildman–Crippen MR) is 109 cm³/mol. The summed E-state index contributed by atoms with van der Waals surface area (Å²) in [6.45, 7) is 1.68. The molecule has 154 valence electrons. The number of amides is 1. The van der Waals surface area contributed by atoms with Gasteiger partial charge in [0, 0.05) is 23.6 Å². The van der Waals surface area contributed by atoms with Crippen molar-refractivity contribution in [1.82, 2.24) is 0 Å². The molecule has 0 atom stereocenters. The van der Waals surface area contributed by atoms with Crippen molar-refractivity contribution in [3.05, 3.63) is 62.1 Å². The van der Waals surface area contributed by atoms with E-state index in [-0.39, 0.29) is 22.8 Å². The zero-order valence-electron chi connectivity index (χ0n) is 15.4. The molecule has 2 aromatic carbocycles. The Morgan fingerprint density at radius 2 is 1.93 bits per heavy atom. The van der Waals surface area contributed by atoms with Gasteiger partial charge in [-0.3, -0.25) is 19.7 Å². The van der Waals surface area contributed by atoms with E-state index in [0.717, 1.165) is 11.6 Å². The fraction of sp³-hybridized carbons (Fsp3) is 0.263. The summed E-state index contributed by atoms with van der Waals surface area (Å²) >= 11 is 11.8. The number of aryl methyl sites for hydroxylation is 1. The topological polar surface area (TPSA) is 108 Å². The Bertz CT molecular complexity index is 920. The number of nitro benzene ring substituents is 1. The molecular formula is C19H18Cl2N2O6. The zero-order valence-corrected chi connectivity index (χ0v) is 17.0. The molecule has 0 aliphatic heterocycles. The number of nitrogens with zero attached hydrogens (tertiary/aromatic N) is 1. The third-order valence-electron chi connectivity index (χ3n) is 3.72. The standard InChI is InChI=1S/C19H18Cl2N2O6/c1-12-9-13(20)4-7-17(12)28-8-2-3-19(25)29-11-18(24)22-16-6-5-14(23(26)27)10-15(16)21/h4-7,9-10H,2-3,8,11H2,1H3,(H,22,24). The average molecular weight is 441 g/mol. The molecule has 0 fully saturated rings. The fourth-order valence-electron chi connectivity index (χ4n) is 2.30. The first-order valence-corrected chi connectivity index (χ1v) is 9.30. The number of hydrogen-bond donors (Lipinski definition) is 1. The van der Waals surface area contributed by atoms with Crippen LogP contribution in [-0.4, -0.2) is 30.0 Å². The van der Waals surface area contributed by atoms with Crippen LogP contribution in [0.1, 0.15) is 18.4 Å². The van der Waals surface area contributed by atoms with Gasteiger partial charge in [-0.2, -0.15) is 0 Å². The molecule has 0 aliphatic carbocycles. The number of carbonyl (C=O) groups is 2. The van der Waals surface area contributed by atoms with Crippen LogP contribution in [0.5, 0.6) is 5.75 Å². The molecule has 0 saturated carbocycles. The number of carbonyl (C=O) groups excluding carboxylic acids is 2. The van der Waals surface area contributed by atoms with Crippen molar-refractivity contribution in [2.45, 2.75) is 19.8 Å². The van der Waals surface area contributed by atoms with Crippen LogP contribution in [0.2, 0.25) is 10.0 Å². The van der Waals surface area contributed by atoms with Crippen molar-refractivity contribution in [3.8, 4) is 5.75 Å². The molecule has 0 radical (unpaired) electrons. The maximum atomic E-state index is 11.9. The Morgan fingerprint density at radius 1 is 1.17 bits per heavy atom. The number of rotatable bonds is 9. The highest BCUT2D eigenvalue weighted by Gasteiger charge is 2.13. The van der Waals surface area contributed by atoms with Crippen molar-refractivity contribution in [2.24, 2.45) is 0 Å². The monoisotopic (exact) mass is 440 g/mol. The molecule has 0 unspecified atom stereocenters. The number of nitrogens with one attached hydrogen (secondary N) is 1. The van der Waals surface area contributed by atoms with Crippen molar-refractivity contribution < 1.29 is 24.0 Å². The number of ether oxygens (including phenoxy) is 2. The second-order valence-electron chi connectivity index (χ2n) is 5.99. The Balaban J connectivity index is 1.69. The van der Waals surface area contributed by atoms with Gasteiger partial charge in [-0.1, -0.05) is 23.2 Å². The van der Waals surface area contributed by atoms with E-state index in [0.29, 0.717) is 23.8 Å². The van der Waals surface area contributed by atoms with Crippen molar-refractivity contribution in [1.29, 1.82) is 0 Å². The largest absolute Gasteiger partial charge is 0.493 e. The first-order chi connectivity index (χ1) is 13.8. The minimum atomic E-state index is -0.609. The van der Waals surface area contributed by atoms with E-state index in [2.05, 4.69) is 5.32 Å². The number of esters is 1. The molecular weight excluding hydrogens is 423 g/mol. The molecule has 0 aromatic heterocycles. The smallest absolute Gasteiger partial charge is 0.306 e. The van der Waals surface area contributed by atoms with Crippen LogP contribution in [-0.2, 0) is 14.3 Å². The molecule has 1 N–H and O–H groups in total. The number of nitro groups is 1. The molecule has 0 bridgehead atoms. The quantitative estimate of drug-likeness (QED) is 0.265. The number of non-ortho nitro benzene ring substituents is 1. The maximum Gasteiger partial charge on any atom is 0.306 e. The number of hydrogen-bond acceptors (Lipinski definition) is 6. The van der Waals surface area contributed by atoms with Crippen LogP contribution < -0.4 is 10.1 Å². The van der Waals surface area contributed by atoms with Gasteiger partial charge in [0.25, 0.3) is 11.6 Å². The fourth-order valence-corrected chi connectivity index (χ4v) is 2.75. The predicted octanol–water partition coefficient (Wildman–Crippen LogP) is 4.55. The minimum absolute atomic E-state index is 0.00789. The van der Waals surface area contributed by atoms with Gasteiger partial charge in [-0.25, -0.2) is 0 Å². The van der Waals surface area contributed by atoms with Gasteiger partial charge in [-0.15, -0.1) is 0 Å². The van der Waals surface area contributed by atoms with E-state index in [1.807, 2.05) is 6.92 Å². The molecule has 29 heavy (non-hydrogen) atoms. The summed E-state index contributed by atoms with van der Waals surface area (Å²) in [6.07, 6.45) is 0.495. The van der Waals surface area contributed by atoms with E-state index in [4.69, 9.17) is 32.7 Å². The van der Waals surface area contributed by atoms with Crippen LogP contribution in [0, 0.1) is 17.0 Å². The molecule has 2 aromatic rings. The van der Waals surface area contributed by atoms with Crippen LogP contribution in [0.15, 0.2) is 36.4 Å². The lowest BCUT2D eigenvalue weighted by molar-refractivity contribution is -0.384. The maximum absolute atomic E-state index is 11.9. The number of anilines is 1.